The van der Waals surface area contributed by atoms with Gasteiger partial charge in [0, 0.05) is 13.0 Å². The molecular formula is C12H16N2O5. The van der Waals surface area contributed by atoms with E-state index < -0.39 is 4.92 Å². The van der Waals surface area contributed by atoms with Crippen molar-refractivity contribution in [3.05, 3.63) is 28.3 Å². The predicted molar refractivity (Wildman–Crippen MR) is 68.9 cm³/mol. The number of rotatable bonds is 7. The monoisotopic (exact) mass is 268 g/mol. The first-order chi connectivity index (χ1) is 9.00. The van der Waals surface area contributed by atoms with Crippen molar-refractivity contribution in [3.63, 3.8) is 0 Å². The average Bonchev–Trinajstić information content (AvgIpc) is 2.34. The second-order valence-corrected chi connectivity index (χ2v) is 3.87. The standard InChI is InChI=1S/C12H16N2O5/c1-9(15)18-6-2-3-7-19-12-8-10(14(16)17)4-5-11(12)13/h4-5,8H,2-3,6-7,13H2,1H3. The van der Waals surface area contributed by atoms with E-state index in [1.165, 1.54) is 25.1 Å². The maximum atomic E-state index is 10.6. The molecule has 0 aromatic heterocycles. The molecule has 1 rings (SSSR count). The van der Waals surface area contributed by atoms with Crippen LogP contribution in [0.25, 0.3) is 0 Å². The molecule has 19 heavy (non-hydrogen) atoms. The van der Waals surface area contributed by atoms with Gasteiger partial charge < -0.3 is 15.2 Å². The van der Waals surface area contributed by atoms with Crippen molar-refractivity contribution in [1.82, 2.24) is 0 Å². The molecular weight excluding hydrogens is 252 g/mol. The first kappa shape index (κ1) is 14.7. The van der Waals surface area contributed by atoms with E-state index in [1.807, 2.05) is 0 Å². The lowest BCUT2D eigenvalue weighted by Gasteiger charge is -2.08. The number of carbonyl (C=O) groups is 1. The Bertz CT molecular complexity index is 461. The van der Waals surface area contributed by atoms with Gasteiger partial charge in [0.15, 0.2) is 0 Å². The second kappa shape index (κ2) is 7.20. The quantitative estimate of drug-likeness (QED) is 0.266. The highest BCUT2D eigenvalue weighted by molar-refractivity contribution is 5.65. The maximum Gasteiger partial charge on any atom is 0.302 e. The summed E-state index contributed by atoms with van der Waals surface area (Å²) in [6.07, 6.45) is 1.32. The van der Waals surface area contributed by atoms with Crippen LogP contribution in [-0.4, -0.2) is 24.1 Å². The van der Waals surface area contributed by atoms with Gasteiger partial charge in [0.2, 0.25) is 0 Å². The van der Waals surface area contributed by atoms with Gasteiger partial charge in [0.25, 0.3) is 5.69 Å². The van der Waals surface area contributed by atoms with Crippen molar-refractivity contribution in [3.8, 4) is 5.75 Å². The van der Waals surface area contributed by atoms with E-state index in [0.29, 0.717) is 37.5 Å². The third-order valence-corrected chi connectivity index (χ3v) is 2.31. The largest absolute Gasteiger partial charge is 0.491 e. The first-order valence-electron chi connectivity index (χ1n) is 5.81. The molecule has 0 saturated heterocycles. The van der Waals surface area contributed by atoms with Gasteiger partial charge in [-0.3, -0.25) is 14.9 Å². The third-order valence-electron chi connectivity index (χ3n) is 2.31. The van der Waals surface area contributed by atoms with Crippen LogP contribution in [0.15, 0.2) is 18.2 Å². The van der Waals surface area contributed by atoms with Gasteiger partial charge in [0.05, 0.1) is 29.9 Å². The van der Waals surface area contributed by atoms with Gasteiger partial charge in [0.1, 0.15) is 5.75 Å². The highest BCUT2D eigenvalue weighted by Gasteiger charge is 2.09. The molecule has 0 spiro atoms. The maximum absolute atomic E-state index is 10.6. The van der Waals surface area contributed by atoms with Crippen molar-refractivity contribution in [2.45, 2.75) is 19.8 Å². The van der Waals surface area contributed by atoms with E-state index in [9.17, 15) is 14.9 Å². The number of nitro benzene ring substituents is 1. The smallest absolute Gasteiger partial charge is 0.302 e. The van der Waals surface area contributed by atoms with Crippen molar-refractivity contribution >= 4 is 17.3 Å². The Morgan fingerprint density at radius 1 is 1.37 bits per heavy atom. The van der Waals surface area contributed by atoms with E-state index in [-0.39, 0.29) is 11.7 Å². The molecule has 0 aliphatic rings. The molecule has 0 atom stereocenters. The Balaban J connectivity index is 2.38. The lowest BCUT2D eigenvalue weighted by molar-refractivity contribution is -0.384. The molecule has 1 aromatic carbocycles. The summed E-state index contributed by atoms with van der Waals surface area (Å²) in [6, 6.07) is 4.05. The first-order valence-corrected chi connectivity index (χ1v) is 5.81. The number of non-ortho nitro benzene ring substituents is 1. The molecule has 0 radical (unpaired) electrons. The van der Waals surface area contributed by atoms with Gasteiger partial charge >= 0.3 is 5.97 Å². The number of esters is 1. The topological polar surface area (TPSA) is 105 Å². The Hall–Kier alpha value is -2.31. The SMILES string of the molecule is CC(=O)OCCCCOc1cc([N+](=O)[O-])ccc1N. The fourth-order valence-electron chi connectivity index (χ4n) is 1.36. The van der Waals surface area contributed by atoms with E-state index >= 15 is 0 Å². The highest BCUT2D eigenvalue weighted by atomic mass is 16.6. The number of hydrogen-bond donors (Lipinski definition) is 1. The summed E-state index contributed by atoms with van der Waals surface area (Å²) in [6.45, 7) is 2.04. The lowest BCUT2D eigenvalue weighted by atomic mass is 10.2. The Kier molecular flexibility index (Phi) is 5.59. The van der Waals surface area contributed by atoms with Crippen LogP contribution in [0.3, 0.4) is 0 Å². The number of benzene rings is 1. The molecule has 7 heteroatoms. The molecule has 0 unspecified atom stereocenters. The minimum Gasteiger partial charge on any atom is -0.491 e. The lowest BCUT2D eigenvalue weighted by Crippen LogP contribution is -2.05. The molecule has 0 aliphatic carbocycles. The molecule has 7 nitrogen and oxygen atoms in total. The number of nitrogens with zero attached hydrogens (tertiary/aromatic N) is 1. The minimum absolute atomic E-state index is 0.0656. The molecule has 2 N–H and O–H groups in total. The summed E-state index contributed by atoms with van der Waals surface area (Å²) >= 11 is 0. The molecule has 1 aromatic rings. The molecule has 0 fully saturated rings. The van der Waals surface area contributed by atoms with Gasteiger partial charge in [-0.05, 0) is 18.9 Å². The molecule has 0 amide bonds. The van der Waals surface area contributed by atoms with E-state index in [1.54, 1.807) is 0 Å². The fourth-order valence-corrected chi connectivity index (χ4v) is 1.36. The number of anilines is 1. The van der Waals surface area contributed by atoms with Crippen LogP contribution in [-0.2, 0) is 9.53 Å². The molecule has 0 heterocycles. The molecule has 0 bridgehead atoms. The van der Waals surface area contributed by atoms with Gasteiger partial charge in [-0.25, -0.2) is 0 Å². The Morgan fingerprint density at radius 2 is 2.05 bits per heavy atom. The molecule has 0 saturated carbocycles. The van der Waals surface area contributed by atoms with Crippen LogP contribution in [0.2, 0.25) is 0 Å². The van der Waals surface area contributed by atoms with Crippen LogP contribution in [0, 0.1) is 10.1 Å². The average molecular weight is 268 g/mol. The van der Waals surface area contributed by atoms with Crippen LogP contribution in [0.5, 0.6) is 5.75 Å². The number of unbranched alkanes of at least 4 members (excludes halogenated alkanes) is 1. The van der Waals surface area contributed by atoms with Crippen LogP contribution < -0.4 is 10.5 Å². The normalized spacial score (nSPS) is 9.95. The summed E-state index contributed by atoms with van der Waals surface area (Å²) in [5.41, 5.74) is 5.94. The van der Waals surface area contributed by atoms with Gasteiger partial charge in [-0.1, -0.05) is 0 Å². The summed E-state index contributed by atoms with van der Waals surface area (Å²) in [5, 5.41) is 10.6. The Morgan fingerprint density at radius 3 is 2.68 bits per heavy atom. The van der Waals surface area contributed by atoms with Crippen LogP contribution >= 0.6 is 0 Å². The number of ether oxygens (including phenoxy) is 2. The molecule has 104 valence electrons. The van der Waals surface area contributed by atoms with Crippen LogP contribution in [0.4, 0.5) is 11.4 Å². The summed E-state index contributed by atoms with van der Waals surface area (Å²) in [5.74, 6) is -0.0227. The molecule has 0 aliphatic heterocycles. The summed E-state index contributed by atoms with van der Waals surface area (Å²) in [4.78, 5) is 20.6. The zero-order chi connectivity index (χ0) is 14.3. The summed E-state index contributed by atoms with van der Waals surface area (Å²) in [7, 11) is 0. The van der Waals surface area contributed by atoms with Gasteiger partial charge in [-0.15, -0.1) is 0 Å². The van der Waals surface area contributed by atoms with E-state index in [4.69, 9.17) is 15.2 Å². The number of nitrogen functional groups attached to an aromatic ring is 1. The number of nitrogens with two attached hydrogens (primary N) is 1. The predicted octanol–water partition coefficient (Wildman–Crippen LogP) is 1.90. The van der Waals surface area contributed by atoms with E-state index in [0.717, 1.165) is 0 Å². The second-order valence-electron chi connectivity index (χ2n) is 3.87. The highest BCUT2D eigenvalue weighted by Crippen LogP contribution is 2.26. The Labute approximate surface area is 110 Å². The van der Waals surface area contributed by atoms with Crippen LogP contribution in [0.1, 0.15) is 19.8 Å². The number of nitro groups is 1. The fraction of sp³-hybridized carbons (Fsp3) is 0.417. The minimum atomic E-state index is -0.507. The van der Waals surface area contributed by atoms with Crippen molar-refractivity contribution in [2.24, 2.45) is 0 Å². The van der Waals surface area contributed by atoms with Crippen molar-refractivity contribution in [2.75, 3.05) is 18.9 Å². The van der Waals surface area contributed by atoms with Crippen molar-refractivity contribution in [1.29, 1.82) is 0 Å². The summed E-state index contributed by atoms with van der Waals surface area (Å²) < 4.78 is 10.1. The zero-order valence-electron chi connectivity index (χ0n) is 10.6. The number of hydrogen-bond acceptors (Lipinski definition) is 6. The van der Waals surface area contributed by atoms with E-state index in [2.05, 4.69) is 0 Å². The zero-order valence-corrected chi connectivity index (χ0v) is 10.6. The number of carbonyl (C=O) groups excluding carboxylic acids is 1. The van der Waals surface area contributed by atoms with Crippen molar-refractivity contribution < 1.29 is 19.2 Å². The van der Waals surface area contributed by atoms with Gasteiger partial charge in [-0.2, -0.15) is 0 Å². The third kappa shape index (κ3) is 5.24.